The zero-order valence-corrected chi connectivity index (χ0v) is 11.9. The van der Waals surface area contributed by atoms with Gasteiger partial charge in [0, 0.05) is 10.6 Å². The van der Waals surface area contributed by atoms with Gasteiger partial charge in [-0.05, 0) is 24.1 Å². The van der Waals surface area contributed by atoms with Gasteiger partial charge in [0.15, 0.2) is 0 Å². The van der Waals surface area contributed by atoms with Gasteiger partial charge in [-0.2, -0.15) is 0 Å². The molecule has 4 heteroatoms. The average molecular weight is 291 g/mol. The predicted molar refractivity (Wildman–Crippen MR) is 80.9 cm³/mol. The number of fused-ring (bicyclic) bond motifs is 1. The molecule has 0 aliphatic carbocycles. The van der Waals surface area contributed by atoms with Crippen LogP contribution in [0.1, 0.15) is 12.5 Å². The summed E-state index contributed by atoms with van der Waals surface area (Å²) in [4.78, 5) is 7.78. The summed E-state index contributed by atoms with van der Waals surface area (Å²) in [5, 5.41) is 1.17. The topological polar surface area (TPSA) is 28.7 Å². The lowest BCUT2D eigenvalue weighted by atomic mass is 10.1. The van der Waals surface area contributed by atoms with Crippen molar-refractivity contribution in [3.05, 3.63) is 52.0 Å². The SMILES string of the molecule is CCc1ccc(-c2nc3c(Cl)cc(Cl)cc3[nH]2)cc1. The highest BCUT2D eigenvalue weighted by molar-refractivity contribution is 6.38. The Morgan fingerprint density at radius 1 is 1.11 bits per heavy atom. The minimum atomic E-state index is 0.565. The second-order valence-electron chi connectivity index (χ2n) is 4.42. The van der Waals surface area contributed by atoms with Crippen LogP contribution in [-0.4, -0.2) is 9.97 Å². The molecule has 1 aromatic heterocycles. The lowest BCUT2D eigenvalue weighted by molar-refractivity contribution is 1.14. The van der Waals surface area contributed by atoms with Crippen LogP contribution in [0.5, 0.6) is 0 Å². The maximum absolute atomic E-state index is 6.14. The third kappa shape index (κ3) is 2.34. The first-order valence-corrected chi connectivity index (χ1v) is 6.87. The summed E-state index contributed by atoms with van der Waals surface area (Å²) in [5.41, 5.74) is 3.95. The molecule has 3 rings (SSSR count). The molecule has 0 atom stereocenters. The molecule has 0 aliphatic rings. The van der Waals surface area contributed by atoms with Crippen molar-refractivity contribution in [2.45, 2.75) is 13.3 Å². The van der Waals surface area contributed by atoms with Gasteiger partial charge < -0.3 is 4.98 Å². The monoisotopic (exact) mass is 290 g/mol. The van der Waals surface area contributed by atoms with Crippen LogP contribution in [0, 0.1) is 0 Å². The Morgan fingerprint density at radius 3 is 2.53 bits per heavy atom. The number of benzene rings is 2. The van der Waals surface area contributed by atoms with Crippen molar-refractivity contribution in [1.82, 2.24) is 9.97 Å². The quantitative estimate of drug-likeness (QED) is 0.699. The van der Waals surface area contributed by atoms with E-state index in [1.54, 1.807) is 6.07 Å². The second kappa shape index (κ2) is 4.87. The average Bonchev–Trinajstić information content (AvgIpc) is 2.83. The van der Waals surface area contributed by atoms with Gasteiger partial charge >= 0.3 is 0 Å². The molecule has 0 fully saturated rings. The Kier molecular flexibility index (Phi) is 3.21. The van der Waals surface area contributed by atoms with Gasteiger partial charge in [-0.25, -0.2) is 4.98 Å². The molecule has 96 valence electrons. The number of halogens is 2. The summed E-state index contributed by atoms with van der Waals surface area (Å²) >= 11 is 12.1. The number of aromatic amines is 1. The molecule has 0 bridgehead atoms. The van der Waals surface area contributed by atoms with Crippen LogP contribution < -0.4 is 0 Å². The Morgan fingerprint density at radius 2 is 1.84 bits per heavy atom. The number of hydrogen-bond donors (Lipinski definition) is 1. The van der Waals surface area contributed by atoms with Crippen LogP contribution >= 0.6 is 23.2 Å². The van der Waals surface area contributed by atoms with Crippen molar-refractivity contribution in [1.29, 1.82) is 0 Å². The van der Waals surface area contributed by atoms with Crippen molar-refractivity contribution >= 4 is 34.2 Å². The number of hydrogen-bond acceptors (Lipinski definition) is 1. The third-order valence-corrected chi connectivity index (χ3v) is 3.65. The van der Waals surface area contributed by atoms with Gasteiger partial charge in [-0.3, -0.25) is 0 Å². The third-order valence-electron chi connectivity index (χ3n) is 3.14. The van der Waals surface area contributed by atoms with E-state index in [9.17, 15) is 0 Å². The minimum absolute atomic E-state index is 0.565. The van der Waals surface area contributed by atoms with E-state index in [-0.39, 0.29) is 0 Å². The van der Waals surface area contributed by atoms with Crippen LogP contribution in [0.25, 0.3) is 22.4 Å². The number of aryl methyl sites for hydroxylation is 1. The smallest absolute Gasteiger partial charge is 0.138 e. The van der Waals surface area contributed by atoms with E-state index < -0.39 is 0 Å². The molecule has 0 saturated carbocycles. The van der Waals surface area contributed by atoms with E-state index >= 15 is 0 Å². The van der Waals surface area contributed by atoms with E-state index in [4.69, 9.17) is 23.2 Å². The molecule has 0 saturated heterocycles. The van der Waals surface area contributed by atoms with Crippen molar-refractivity contribution in [3.8, 4) is 11.4 Å². The van der Waals surface area contributed by atoms with Crippen molar-refractivity contribution in [3.63, 3.8) is 0 Å². The maximum atomic E-state index is 6.14. The summed E-state index contributed by atoms with van der Waals surface area (Å²) in [5.74, 6) is 0.807. The molecular weight excluding hydrogens is 279 g/mol. The van der Waals surface area contributed by atoms with Gasteiger partial charge in [0.2, 0.25) is 0 Å². The van der Waals surface area contributed by atoms with E-state index in [2.05, 4.69) is 41.2 Å². The van der Waals surface area contributed by atoms with Crippen molar-refractivity contribution in [2.24, 2.45) is 0 Å². The number of nitrogens with one attached hydrogen (secondary N) is 1. The molecule has 2 aromatic carbocycles. The highest BCUT2D eigenvalue weighted by Gasteiger charge is 2.09. The van der Waals surface area contributed by atoms with Crippen molar-refractivity contribution < 1.29 is 0 Å². The molecule has 0 aliphatic heterocycles. The summed E-state index contributed by atoms with van der Waals surface area (Å²) in [6, 6.07) is 11.9. The lowest BCUT2D eigenvalue weighted by Gasteiger charge is -1.98. The highest BCUT2D eigenvalue weighted by atomic mass is 35.5. The van der Waals surface area contributed by atoms with Gasteiger partial charge in [0.1, 0.15) is 11.3 Å². The Bertz CT molecular complexity index is 730. The maximum Gasteiger partial charge on any atom is 0.138 e. The van der Waals surface area contributed by atoms with Crippen LogP contribution in [0.2, 0.25) is 10.0 Å². The van der Waals surface area contributed by atoms with E-state index in [0.717, 1.165) is 28.8 Å². The van der Waals surface area contributed by atoms with Gasteiger partial charge in [0.05, 0.1) is 10.5 Å². The number of nitrogens with zero attached hydrogens (tertiary/aromatic N) is 1. The van der Waals surface area contributed by atoms with Gasteiger partial charge in [-0.15, -0.1) is 0 Å². The summed E-state index contributed by atoms with van der Waals surface area (Å²) in [6.45, 7) is 2.14. The number of imidazole rings is 1. The standard InChI is InChI=1S/C15H12Cl2N2/c1-2-9-3-5-10(6-4-9)15-18-13-8-11(16)7-12(17)14(13)19-15/h3-8H,2H2,1H3,(H,18,19). The predicted octanol–water partition coefficient (Wildman–Crippen LogP) is 5.10. The zero-order chi connectivity index (χ0) is 13.4. The molecule has 0 unspecified atom stereocenters. The molecule has 1 N–H and O–H groups in total. The van der Waals surface area contributed by atoms with E-state index in [1.807, 2.05) is 6.07 Å². The van der Waals surface area contributed by atoms with Crippen LogP contribution in [0.3, 0.4) is 0 Å². The van der Waals surface area contributed by atoms with Crippen LogP contribution in [0.15, 0.2) is 36.4 Å². The van der Waals surface area contributed by atoms with Crippen molar-refractivity contribution in [2.75, 3.05) is 0 Å². The van der Waals surface area contributed by atoms with Crippen LogP contribution in [0.4, 0.5) is 0 Å². The molecule has 19 heavy (non-hydrogen) atoms. The first kappa shape index (κ1) is 12.5. The Hall–Kier alpha value is -1.51. The first-order chi connectivity index (χ1) is 9.17. The Labute approximate surface area is 121 Å². The fourth-order valence-electron chi connectivity index (χ4n) is 2.08. The van der Waals surface area contributed by atoms with E-state index in [0.29, 0.717) is 10.0 Å². The molecular formula is C15H12Cl2N2. The summed E-state index contributed by atoms with van der Waals surface area (Å²) < 4.78 is 0. The molecule has 2 nitrogen and oxygen atoms in total. The number of rotatable bonds is 2. The molecule has 0 radical (unpaired) electrons. The second-order valence-corrected chi connectivity index (χ2v) is 5.26. The van der Waals surface area contributed by atoms with Crippen LogP contribution in [-0.2, 0) is 6.42 Å². The largest absolute Gasteiger partial charge is 0.338 e. The minimum Gasteiger partial charge on any atom is -0.338 e. The molecule has 0 spiro atoms. The summed E-state index contributed by atoms with van der Waals surface area (Å²) in [6.07, 6.45) is 1.03. The van der Waals surface area contributed by atoms with Gasteiger partial charge in [-0.1, -0.05) is 54.4 Å². The number of aromatic nitrogens is 2. The first-order valence-electron chi connectivity index (χ1n) is 6.11. The summed E-state index contributed by atoms with van der Waals surface area (Å²) in [7, 11) is 0. The molecule has 3 aromatic rings. The van der Waals surface area contributed by atoms with E-state index in [1.165, 1.54) is 5.56 Å². The normalized spacial score (nSPS) is 11.1. The Balaban J connectivity index is 2.12. The van der Waals surface area contributed by atoms with Gasteiger partial charge in [0.25, 0.3) is 0 Å². The fraction of sp³-hybridized carbons (Fsp3) is 0.133. The highest BCUT2D eigenvalue weighted by Crippen LogP contribution is 2.29. The zero-order valence-electron chi connectivity index (χ0n) is 10.4. The fourth-order valence-corrected chi connectivity index (χ4v) is 2.61. The number of H-pyrrole nitrogens is 1. The molecule has 1 heterocycles. The lowest BCUT2D eigenvalue weighted by Crippen LogP contribution is -1.82. The molecule has 0 amide bonds.